The summed E-state index contributed by atoms with van der Waals surface area (Å²) in [6.45, 7) is 0. The number of ether oxygens (including phenoxy) is 1. The highest BCUT2D eigenvalue weighted by molar-refractivity contribution is 7.07. The van der Waals surface area contributed by atoms with Crippen LogP contribution in [-0.4, -0.2) is 16.6 Å². The molecule has 0 radical (unpaired) electrons. The lowest BCUT2D eigenvalue weighted by Crippen LogP contribution is -2.38. The molecule has 0 fully saturated rings. The van der Waals surface area contributed by atoms with Gasteiger partial charge >= 0.3 is 0 Å². The molecule has 8 heteroatoms. The Morgan fingerprint density at radius 1 is 1.08 bits per heavy atom. The average Bonchev–Trinajstić information content (AvgIpc) is 3.22. The molecule has 7 nitrogen and oxygen atoms in total. The summed E-state index contributed by atoms with van der Waals surface area (Å²) in [5.74, 6) is 0.750. The Morgan fingerprint density at radius 3 is 2.67 bits per heavy atom. The normalized spacial score (nSPS) is 16.6. The van der Waals surface area contributed by atoms with Gasteiger partial charge in [-0.15, -0.1) is 0 Å². The van der Waals surface area contributed by atoms with Gasteiger partial charge in [0, 0.05) is 17.7 Å². The van der Waals surface area contributed by atoms with Crippen LogP contribution in [0.1, 0.15) is 34.7 Å². The Kier molecular flexibility index (Phi) is 5.38. The highest BCUT2D eigenvalue weighted by atomic mass is 32.1. The van der Waals surface area contributed by atoms with E-state index in [2.05, 4.69) is 12.1 Å². The number of nitrogens with zero attached hydrogens (tertiary/aromatic N) is 3. The predicted molar refractivity (Wildman–Crippen MR) is 139 cm³/mol. The third-order valence-electron chi connectivity index (χ3n) is 6.68. The fourth-order valence-electron chi connectivity index (χ4n) is 4.99. The first kappa shape index (κ1) is 22.2. The number of nitro benzene ring substituents is 1. The van der Waals surface area contributed by atoms with Crippen LogP contribution in [0.5, 0.6) is 5.75 Å². The van der Waals surface area contributed by atoms with Gasteiger partial charge in [-0.05, 0) is 53.3 Å². The van der Waals surface area contributed by atoms with Crippen LogP contribution in [0.3, 0.4) is 0 Å². The van der Waals surface area contributed by atoms with E-state index in [1.165, 1.54) is 29.0 Å². The molecule has 1 atom stereocenters. The number of methoxy groups -OCH3 is 1. The molecule has 0 saturated heterocycles. The van der Waals surface area contributed by atoms with Crippen molar-refractivity contribution in [1.82, 2.24) is 4.57 Å². The number of hydrogen-bond acceptors (Lipinski definition) is 6. The maximum Gasteiger partial charge on any atom is 0.271 e. The number of nitro groups is 1. The fraction of sp³-hybridized carbons (Fsp3) is 0.143. The Balaban J connectivity index is 1.59. The second kappa shape index (κ2) is 8.73. The second-order valence-electron chi connectivity index (χ2n) is 8.74. The summed E-state index contributed by atoms with van der Waals surface area (Å²) in [5.41, 5.74) is 5.83. The monoisotopic (exact) mass is 495 g/mol. The minimum Gasteiger partial charge on any atom is -0.497 e. The van der Waals surface area contributed by atoms with Crippen LogP contribution >= 0.6 is 11.3 Å². The van der Waals surface area contributed by atoms with Crippen molar-refractivity contribution in [1.29, 1.82) is 0 Å². The Hall–Kier alpha value is -4.30. The minimum atomic E-state index is -0.436. The van der Waals surface area contributed by atoms with E-state index < -0.39 is 4.92 Å². The van der Waals surface area contributed by atoms with Gasteiger partial charge in [-0.2, -0.15) is 0 Å². The number of non-ortho nitro benzene ring substituents is 1. The molecular formula is C28H21N3O4S. The van der Waals surface area contributed by atoms with Gasteiger partial charge < -0.3 is 4.74 Å². The molecule has 2 heterocycles. The summed E-state index contributed by atoms with van der Waals surface area (Å²) >= 11 is 1.31. The highest BCUT2D eigenvalue weighted by Crippen LogP contribution is 2.41. The van der Waals surface area contributed by atoms with Crippen LogP contribution in [0.2, 0.25) is 0 Å². The molecule has 178 valence electrons. The zero-order chi connectivity index (χ0) is 24.8. The number of aryl methyl sites for hydroxylation is 1. The van der Waals surface area contributed by atoms with Crippen molar-refractivity contribution in [3.05, 3.63) is 130 Å². The Bertz CT molecular complexity index is 1730. The molecule has 4 aromatic rings. The first-order valence-corrected chi connectivity index (χ1v) is 12.4. The summed E-state index contributed by atoms with van der Waals surface area (Å²) in [5, 5.41) is 11.2. The van der Waals surface area contributed by atoms with E-state index in [0.717, 1.165) is 41.0 Å². The standard InChI is InChI=1S/C28H21N3O4S/c1-35-21-12-9-19(10-13-21)26-23-14-11-18-6-2-3-8-22(18)25(23)29-28-30(26)27(32)24(36-28)16-17-5-4-7-20(15-17)31(33)34/h2-10,12-13,15-16,26H,11,14H2,1H3/b24-16-/t26-/m1/s1. The van der Waals surface area contributed by atoms with Crippen LogP contribution in [0, 0.1) is 10.1 Å². The first-order valence-electron chi connectivity index (χ1n) is 11.5. The quantitative estimate of drug-likeness (QED) is 0.313. The third-order valence-corrected chi connectivity index (χ3v) is 7.67. The molecule has 0 spiro atoms. The van der Waals surface area contributed by atoms with E-state index in [4.69, 9.17) is 9.73 Å². The summed E-state index contributed by atoms with van der Waals surface area (Å²) in [6, 6.07) is 22.1. The first-order chi connectivity index (χ1) is 17.5. The summed E-state index contributed by atoms with van der Waals surface area (Å²) < 4.78 is 7.60. The van der Waals surface area contributed by atoms with E-state index >= 15 is 0 Å². The molecular weight excluding hydrogens is 474 g/mol. The van der Waals surface area contributed by atoms with Crippen LogP contribution < -0.4 is 19.6 Å². The average molecular weight is 496 g/mol. The van der Waals surface area contributed by atoms with Crippen molar-refractivity contribution < 1.29 is 9.66 Å². The minimum absolute atomic E-state index is 0.0142. The smallest absolute Gasteiger partial charge is 0.271 e. The van der Waals surface area contributed by atoms with Gasteiger partial charge in [-0.3, -0.25) is 19.5 Å². The van der Waals surface area contributed by atoms with Crippen LogP contribution in [0.4, 0.5) is 5.69 Å². The molecule has 1 aliphatic heterocycles. The Morgan fingerprint density at radius 2 is 1.89 bits per heavy atom. The molecule has 0 amide bonds. The zero-order valence-electron chi connectivity index (χ0n) is 19.4. The van der Waals surface area contributed by atoms with Gasteiger partial charge in [-0.1, -0.05) is 59.9 Å². The number of thiazole rings is 1. The van der Waals surface area contributed by atoms with Crippen molar-refractivity contribution in [2.75, 3.05) is 7.11 Å². The van der Waals surface area contributed by atoms with Gasteiger partial charge in [0.05, 0.1) is 28.3 Å². The predicted octanol–water partition coefficient (Wildman–Crippen LogP) is 4.24. The van der Waals surface area contributed by atoms with Gasteiger partial charge in [0.2, 0.25) is 0 Å². The summed E-state index contributed by atoms with van der Waals surface area (Å²) in [6.07, 6.45) is 3.40. The summed E-state index contributed by atoms with van der Waals surface area (Å²) in [4.78, 5) is 30.2. The number of hydrogen-bond donors (Lipinski definition) is 0. The molecule has 1 aliphatic carbocycles. The molecule has 6 rings (SSSR count). The highest BCUT2D eigenvalue weighted by Gasteiger charge is 2.32. The van der Waals surface area contributed by atoms with Gasteiger partial charge in [0.15, 0.2) is 4.80 Å². The lowest BCUT2D eigenvalue weighted by Gasteiger charge is -2.30. The van der Waals surface area contributed by atoms with Gasteiger partial charge in [0.1, 0.15) is 5.75 Å². The molecule has 0 N–H and O–H groups in total. The van der Waals surface area contributed by atoms with Gasteiger partial charge in [-0.25, -0.2) is 4.99 Å². The molecule has 1 aromatic heterocycles. The number of rotatable bonds is 4. The lowest BCUT2D eigenvalue weighted by molar-refractivity contribution is -0.384. The largest absolute Gasteiger partial charge is 0.497 e. The number of allylic oxidation sites excluding steroid dienone is 1. The van der Waals surface area contributed by atoms with Crippen molar-refractivity contribution in [2.45, 2.75) is 18.9 Å². The molecule has 0 unspecified atom stereocenters. The van der Waals surface area contributed by atoms with E-state index in [-0.39, 0.29) is 17.3 Å². The number of aromatic nitrogens is 1. The van der Waals surface area contributed by atoms with E-state index in [1.807, 2.05) is 36.4 Å². The lowest BCUT2D eigenvalue weighted by atomic mass is 9.83. The molecule has 3 aromatic carbocycles. The maximum absolute atomic E-state index is 13.8. The molecule has 0 bridgehead atoms. The summed E-state index contributed by atoms with van der Waals surface area (Å²) in [7, 11) is 1.63. The number of benzene rings is 3. The van der Waals surface area contributed by atoms with Crippen molar-refractivity contribution >= 4 is 28.8 Å². The van der Waals surface area contributed by atoms with Gasteiger partial charge in [0.25, 0.3) is 11.2 Å². The van der Waals surface area contributed by atoms with Crippen molar-refractivity contribution in [3.63, 3.8) is 0 Å². The molecule has 2 aliphatic rings. The van der Waals surface area contributed by atoms with E-state index in [1.54, 1.807) is 29.9 Å². The van der Waals surface area contributed by atoms with Crippen LogP contribution in [0.15, 0.2) is 88.2 Å². The fourth-order valence-corrected chi connectivity index (χ4v) is 5.99. The van der Waals surface area contributed by atoms with Crippen LogP contribution in [0.25, 0.3) is 11.8 Å². The van der Waals surface area contributed by atoms with E-state index in [0.29, 0.717) is 14.9 Å². The van der Waals surface area contributed by atoms with Crippen LogP contribution in [-0.2, 0) is 6.42 Å². The van der Waals surface area contributed by atoms with E-state index in [9.17, 15) is 14.9 Å². The van der Waals surface area contributed by atoms with Crippen molar-refractivity contribution in [3.8, 4) is 5.75 Å². The third kappa shape index (κ3) is 3.67. The molecule has 0 saturated carbocycles. The second-order valence-corrected chi connectivity index (χ2v) is 9.75. The Labute approximate surface area is 210 Å². The topological polar surface area (TPSA) is 86.7 Å². The SMILES string of the molecule is COc1ccc([C@@H]2C3=C(N=c4s/c(=C\c5cccc([N+](=O)[O-])c5)c(=O)n42)c2ccccc2CC3)cc1. The maximum atomic E-state index is 13.8. The zero-order valence-corrected chi connectivity index (χ0v) is 20.2. The number of fused-ring (bicyclic) bond motifs is 3. The molecule has 36 heavy (non-hydrogen) atoms. The van der Waals surface area contributed by atoms with Crippen molar-refractivity contribution in [2.24, 2.45) is 4.99 Å².